The maximum absolute atomic E-state index is 15.7. The number of fused-ring (bicyclic) bond motifs is 2. The van der Waals surface area contributed by atoms with Crippen molar-refractivity contribution >= 4 is 77.6 Å². The lowest BCUT2D eigenvalue weighted by Crippen LogP contribution is -2.27. The van der Waals surface area contributed by atoms with Crippen molar-refractivity contribution in [1.29, 1.82) is 5.26 Å². The van der Waals surface area contributed by atoms with E-state index >= 15 is 4.39 Å². The molecule has 0 radical (unpaired) electrons. The van der Waals surface area contributed by atoms with Crippen LogP contribution in [0.25, 0.3) is 32.1 Å². The SMILES string of the molecule is CC(C)(C)OC(=O)Nc1sc2cccc(-c3c(I)cc4c(O)nc(Cl)nc4c3F)c2c1C#N. The van der Waals surface area contributed by atoms with E-state index in [1.807, 2.05) is 22.6 Å². The summed E-state index contributed by atoms with van der Waals surface area (Å²) in [6, 6.07) is 8.87. The number of benzene rings is 2. The topological polar surface area (TPSA) is 108 Å². The molecule has 0 aliphatic carbocycles. The monoisotopic (exact) mass is 596 g/mol. The Labute approximate surface area is 210 Å². The minimum Gasteiger partial charge on any atom is -0.493 e. The number of hydrogen-bond donors (Lipinski definition) is 2. The van der Waals surface area contributed by atoms with Gasteiger partial charge in [0.15, 0.2) is 5.82 Å². The lowest BCUT2D eigenvalue weighted by atomic mass is 9.97. The van der Waals surface area contributed by atoms with Crippen molar-refractivity contribution in [1.82, 2.24) is 9.97 Å². The summed E-state index contributed by atoms with van der Waals surface area (Å²) in [7, 11) is 0. The molecule has 4 aromatic rings. The molecule has 0 spiro atoms. The van der Waals surface area contributed by atoms with E-state index in [2.05, 4.69) is 21.4 Å². The third-order valence-electron chi connectivity index (χ3n) is 4.55. The highest BCUT2D eigenvalue weighted by Gasteiger charge is 2.25. The Morgan fingerprint density at radius 2 is 2.09 bits per heavy atom. The number of aromatic hydroxyl groups is 1. The third kappa shape index (κ3) is 4.40. The van der Waals surface area contributed by atoms with Gasteiger partial charge in [-0.2, -0.15) is 10.2 Å². The first-order chi connectivity index (χ1) is 15.5. The Balaban J connectivity index is 1.95. The quantitative estimate of drug-likeness (QED) is 0.194. The second kappa shape index (κ2) is 8.55. The number of nitrogens with zero attached hydrogens (tertiary/aromatic N) is 3. The highest BCUT2D eigenvalue weighted by atomic mass is 127. The van der Waals surface area contributed by atoms with Crippen LogP contribution in [0.3, 0.4) is 0 Å². The van der Waals surface area contributed by atoms with Gasteiger partial charge in [-0.25, -0.2) is 14.2 Å². The number of thiophene rings is 1. The van der Waals surface area contributed by atoms with E-state index in [1.165, 1.54) is 11.3 Å². The maximum atomic E-state index is 15.7. The fourth-order valence-corrected chi connectivity index (χ4v) is 5.42. The number of nitriles is 1. The van der Waals surface area contributed by atoms with Crippen molar-refractivity contribution < 1.29 is 19.0 Å². The molecule has 0 aliphatic rings. The summed E-state index contributed by atoms with van der Waals surface area (Å²) in [6.07, 6.45) is -0.694. The molecule has 2 N–H and O–H groups in total. The van der Waals surface area contributed by atoms with Gasteiger partial charge >= 0.3 is 6.09 Å². The van der Waals surface area contributed by atoms with Gasteiger partial charge < -0.3 is 9.84 Å². The van der Waals surface area contributed by atoms with Crippen LogP contribution in [0.2, 0.25) is 5.28 Å². The molecule has 33 heavy (non-hydrogen) atoms. The number of amides is 1. The Morgan fingerprint density at radius 3 is 2.76 bits per heavy atom. The van der Waals surface area contributed by atoms with E-state index < -0.39 is 23.4 Å². The van der Waals surface area contributed by atoms with Crippen LogP contribution in [0.5, 0.6) is 5.88 Å². The van der Waals surface area contributed by atoms with Crippen LogP contribution in [-0.2, 0) is 4.74 Å². The molecule has 11 heteroatoms. The van der Waals surface area contributed by atoms with Gasteiger partial charge in [0.25, 0.3) is 0 Å². The number of carbonyl (C=O) groups excluding carboxylic acids is 1. The first kappa shape index (κ1) is 23.4. The number of anilines is 1. The van der Waals surface area contributed by atoms with Crippen molar-refractivity contribution in [2.45, 2.75) is 26.4 Å². The normalized spacial score (nSPS) is 11.5. The molecule has 0 saturated heterocycles. The third-order valence-corrected chi connectivity index (χ3v) is 6.64. The Bertz CT molecular complexity index is 1490. The van der Waals surface area contributed by atoms with Gasteiger partial charge in [-0.15, -0.1) is 11.3 Å². The van der Waals surface area contributed by atoms with Gasteiger partial charge in [-0.3, -0.25) is 5.32 Å². The largest absolute Gasteiger partial charge is 0.493 e. The number of ether oxygens (including phenoxy) is 1. The summed E-state index contributed by atoms with van der Waals surface area (Å²) in [5.41, 5.74) is -0.0229. The van der Waals surface area contributed by atoms with E-state index in [0.29, 0.717) is 24.2 Å². The zero-order valence-corrected chi connectivity index (χ0v) is 21.2. The molecule has 4 rings (SSSR count). The molecule has 1 amide bonds. The van der Waals surface area contributed by atoms with Crippen LogP contribution in [0.4, 0.5) is 14.2 Å². The van der Waals surface area contributed by atoms with Crippen LogP contribution >= 0.6 is 45.5 Å². The van der Waals surface area contributed by atoms with Crippen molar-refractivity contribution in [3.63, 3.8) is 0 Å². The van der Waals surface area contributed by atoms with E-state index in [0.717, 1.165) is 0 Å². The first-order valence-corrected chi connectivity index (χ1v) is 11.8. The highest BCUT2D eigenvalue weighted by molar-refractivity contribution is 14.1. The zero-order chi connectivity index (χ0) is 24.1. The molecule has 0 atom stereocenters. The van der Waals surface area contributed by atoms with Gasteiger partial charge in [-0.1, -0.05) is 12.1 Å². The summed E-state index contributed by atoms with van der Waals surface area (Å²) in [5.74, 6) is -1.13. The van der Waals surface area contributed by atoms with Crippen molar-refractivity contribution in [2.24, 2.45) is 0 Å². The Kier molecular flexibility index (Phi) is 6.07. The van der Waals surface area contributed by atoms with Crippen LogP contribution in [0.1, 0.15) is 26.3 Å². The zero-order valence-electron chi connectivity index (χ0n) is 17.5. The number of halogens is 3. The summed E-state index contributed by atoms with van der Waals surface area (Å²) < 4.78 is 22.2. The average Bonchev–Trinajstić information content (AvgIpc) is 3.05. The molecule has 7 nitrogen and oxygen atoms in total. The second-order valence-corrected chi connectivity index (χ2v) is 10.5. The minimum atomic E-state index is -0.711. The first-order valence-electron chi connectivity index (χ1n) is 9.50. The molecule has 2 aromatic heterocycles. The van der Waals surface area contributed by atoms with Gasteiger partial charge in [0.1, 0.15) is 22.2 Å². The Morgan fingerprint density at radius 1 is 1.36 bits per heavy atom. The highest BCUT2D eigenvalue weighted by Crippen LogP contribution is 2.44. The molecule has 2 aromatic carbocycles. The summed E-state index contributed by atoms with van der Waals surface area (Å²) in [6.45, 7) is 5.20. The molecule has 0 fully saturated rings. The summed E-state index contributed by atoms with van der Waals surface area (Å²) in [5, 5.41) is 23.2. The summed E-state index contributed by atoms with van der Waals surface area (Å²) >= 11 is 8.97. The van der Waals surface area contributed by atoms with Crippen LogP contribution in [-0.4, -0.2) is 26.8 Å². The number of nitrogens with one attached hydrogen (secondary N) is 1. The van der Waals surface area contributed by atoms with E-state index in [-0.39, 0.29) is 27.3 Å². The molecule has 0 bridgehead atoms. The van der Waals surface area contributed by atoms with Crippen molar-refractivity contribution in [3.05, 3.63) is 44.5 Å². The number of hydrogen-bond acceptors (Lipinski definition) is 7. The lowest BCUT2D eigenvalue weighted by Gasteiger charge is -2.19. The maximum Gasteiger partial charge on any atom is 0.412 e. The number of rotatable bonds is 2. The minimum absolute atomic E-state index is 0.121. The van der Waals surface area contributed by atoms with Crippen LogP contribution < -0.4 is 5.32 Å². The molecular formula is C22H15ClFIN4O3S. The molecule has 0 unspecified atom stereocenters. The molecule has 2 heterocycles. The fraction of sp³-hybridized carbons (Fsp3) is 0.182. The van der Waals surface area contributed by atoms with E-state index in [9.17, 15) is 15.2 Å². The van der Waals surface area contributed by atoms with E-state index in [4.69, 9.17) is 16.3 Å². The smallest absolute Gasteiger partial charge is 0.412 e. The van der Waals surface area contributed by atoms with Gasteiger partial charge in [0.2, 0.25) is 11.2 Å². The molecule has 0 saturated carbocycles. The predicted octanol–water partition coefficient (Wildman–Crippen LogP) is 6.83. The van der Waals surface area contributed by atoms with Gasteiger partial charge in [0, 0.05) is 19.2 Å². The van der Waals surface area contributed by atoms with E-state index in [1.54, 1.807) is 45.0 Å². The molecular weight excluding hydrogens is 582 g/mol. The molecule has 0 aliphatic heterocycles. The number of aromatic nitrogens is 2. The second-order valence-electron chi connectivity index (χ2n) is 7.98. The van der Waals surface area contributed by atoms with Crippen LogP contribution in [0, 0.1) is 20.7 Å². The van der Waals surface area contributed by atoms with Crippen molar-refractivity contribution in [2.75, 3.05) is 5.32 Å². The summed E-state index contributed by atoms with van der Waals surface area (Å²) in [4.78, 5) is 19.9. The Hall–Kier alpha value is -2.75. The average molecular weight is 597 g/mol. The van der Waals surface area contributed by atoms with Crippen LogP contribution in [0.15, 0.2) is 24.3 Å². The molecule has 168 valence electrons. The predicted molar refractivity (Wildman–Crippen MR) is 134 cm³/mol. The number of carbonyl (C=O) groups is 1. The van der Waals surface area contributed by atoms with Gasteiger partial charge in [-0.05, 0) is 72.7 Å². The van der Waals surface area contributed by atoms with Crippen molar-refractivity contribution in [3.8, 4) is 23.1 Å². The van der Waals surface area contributed by atoms with Gasteiger partial charge in [0.05, 0.1) is 10.9 Å². The standard InChI is InChI=1S/C22H15ClFIN4O3S/c1-22(2,3)32-21(31)29-19-11(8-26)14-9(5-4-6-13(14)33-19)15-12(25)7-10-17(16(15)24)27-20(23)28-18(10)30/h4-7H,1-3H3,(H,29,31)(H,27,28,30). The lowest BCUT2D eigenvalue weighted by molar-refractivity contribution is 0.0636. The fourth-order valence-electron chi connectivity index (χ4n) is 3.35.